The predicted octanol–water partition coefficient (Wildman–Crippen LogP) is 1.76. The minimum atomic E-state index is -0.203. The summed E-state index contributed by atoms with van der Waals surface area (Å²) < 4.78 is 0. The SMILES string of the molecule is C=CCN(CC=C)C(=O)c1n[nH]c(CCC)c1N. The Hall–Kier alpha value is -2.04. The predicted molar refractivity (Wildman–Crippen MR) is 73.3 cm³/mol. The fraction of sp³-hybridized carbons (Fsp3) is 0.385. The number of aromatic nitrogens is 2. The van der Waals surface area contributed by atoms with Crippen LogP contribution in [0, 0.1) is 0 Å². The molecule has 5 nitrogen and oxygen atoms in total. The number of H-pyrrole nitrogens is 1. The summed E-state index contributed by atoms with van der Waals surface area (Å²) in [7, 11) is 0. The molecule has 1 aromatic heterocycles. The summed E-state index contributed by atoms with van der Waals surface area (Å²) in [6.45, 7) is 10.2. The number of hydrogen-bond donors (Lipinski definition) is 2. The Kier molecular flexibility index (Phi) is 5.17. The van der Waals surface area contributed by atoms with Crippen molar-refractivity contribution in [2.24, 2.45) is 0 Å². The zero-order valence-corrected chi connectivity index (χ0v) is 10.8. The van der Waals surface area contributed by atoms with Gasteiger partial charge in [0.05, 0.1) is 11.4 Å². The molecule has 0 atom stereocenters. The standard InChI is InChI=1S/C13H20N4O/c1-4-7-10-11(14)12(16-15-10)13(18)17(8-5-2)9-6-3/h5-6H,2-4,7-9,14H2,1H3,(H,15,16). The number of hydrogen-bond acceptors (Lipinski definition) is 3. The lowest BCUT2D eigenvalue weighted by molar-refractivity contribution is 0.0786. The van der Waals surface area contributed by atoms with Gasteiger partial charge < -0.3 is 10.6 Å². The van der Waals surface area contributed by atoms with Crippen molar-refractivity contribution in [1.29, 1.82) is 0 Å². The molecule has 0 radical (unpaired) electrons. The number of aryl methyl sites for hydroxylation is 1. The minimum Gasteiger partial charge on any atom is -0.395 e. The summed E-state index contributed by atoms with van der Waals surface area (Å²) in [5.74, 6) is -0.203. The van der Waals surface area contributed by atoms with Gasteiger partial charge in [-0.2, -0.15) is 5.10 Å². The first-order valence-corrected chi connectivity index (χ1v) is 5.99. The van der Waals surface area contributed by atoms with Gasteiger partial charge in [0, 0.05) is 13.1 Å². The lowest BCUT2D eigenvalue weighted by Crippen LogP contribution is -2.32. The van der Waals surface area contributed by atoms with E-state index < -0.39 is 0 Å². The van der Waals surface area contributed by atoms with Crippen molar-refractivity contribution in [2.45, 2.75) is 19.8 Å². The number of aromatic amines is 1. The number of carbonyl (C=O) groups is 1. The van der Waals surface area contributed by atoms with E-state index in [1.165, 1.54) is 0 Å². The second-order valence-corrected chi connectivity index (χ2v) is 4.00. The van der Waals surface area contributed by atoms with E-state index in [0.717, 1.165) is 18.5 Å². The summed E-state index contributed by atoms with van der Waals surface area (Å²) in [6, 6.07) is 0. The number of anilines is 1. The Balaban J connectivity index is 2.93. The normalized spacial score (nSPS) is 10.1. The molecular weight excluding hydrogens is 228 g/mol. The zero-order valence-electron chi connectivity index (χ0n) is 10.8. The molecule has 1 aromatic rings. The molecule has 0 saturated carbocycles. The highest BCUT2D eigenvalue weighted by atomic mass is 16.2. The maximum absolute atomic E-state index is 12.2. The molecule has 0 spiro atoms. The number of carbonyl (C=O) groups excluding carboxylic acids is 1. The van der Waals surface area contributed by atoms with Crippen molar-refractivity contribution in [3.63, 3.8) is 0 Å². The van der Waals surface area contributed by atoms with Crippen molar-refractivity contribution in [3.05, 3.63) is 36.7 Å². The average Bonchev–Trinajstić information content (AvgIpc) is 2.71. The number of nitrogens with one attached hydrogen (secondary N) is 1. The molecule has 0 bridgehead atoms. The third kappa shape index (κ3) is 3.00. The summed E-state index contributed by atoms with van der Waals surface area (Å²) in [6.07, 6.45) is 5.06. The van der Waals surface area contributed by atoms with Crippen molar-refractivity contribution in [1.82, 2.24) is 15.1 Å². The van der Waals surface area contributed by atoms with E-state index in [1.54, 1.807) is 17.1 Å². The van der Waals surface area contributed by atoms with Crippen LogP contribution in [0.15, 0.2) is 25.3 Å². The summed E-state index contributed by atoms with van der Waals surface area (Å²) in [4.78, 5) is 13.8. The monoisotopic (exact) mass is 248 g/mol. The summed E-state index contributed by atoms with van der Waals surface area (Å²) in [5.41, 5.74) is 7.47. The Morgan fingerprint density at radius 2 is 2.06 bits per heavy atom. The van der Waals surface area contributed by atoms with Gasteiger partial charge in [0.15, 0.2) is 5.69 Å². The third-order valence-corrected chi connectivity index (χ3v) is 2.57. The molecule has 3 N–H and O–H groups in total. The van der Waals surface area contributed by atoms with Crippen LogP contribution in [0.5, 0.6) is 0 Å². The Morgan fingerprint density at radius 1 is 1.44 bits per heavy atom. The Labute approximate surface area is 107 Å². The van der Waals surface area contributed by atoms with Crippen LogP contribution in [0.1, 0.15) is 29.5 Å². The maximum Gasteiger partial charge on any atom is 0.277 e. The molecule has 0 aliphatic carbocycles. The minimum absolute atomic E-state index is 0.203. The first-order valence-electron chi connectivity index (χ1n) is 5.99. The molecule has 98 valence electrons. The van der Waals surface area contributed by atoms with Crippen molar-refractivity contribution >= 4 is 11.6 Å². The van der Waals surface area contributed by atoms with Gasteiger partial charge in [-0.25, -0.2) is 0 Å². The summed E-state index contributed by atoms with van der Waals surface area (Å²) >= 11 is 0. The molecule has 0 unspecified atom stereocenters. The second kappa shape index (κ2) is 6.64. The molecule has 1 amide bonds. The number of nitrogens with zero attached hydrogens (tertiary/aromatic N) is 2. The molecule has 1 heterocycles. The van der Waals surface area contributed by atoms with Crippen LogP contribution in [-0.4, -0.2) is 34.1 Å². The molecule has 1 rings (SSSR count). The number of amides is 1. The Morgan fingerprint density at radius 3 is 2.56 bits per heavy atom. The third-order valence-electron chi connectivity index (χ3n) is 2.57. The lowest BCUT2D eigenvalue weighted by atomic mass is 10.2. The highest BCUT2D eigenvalue weighted by molar-refractivity contribution is 5.97. The maximum atomic E-state index is 12.2. The van der Waals surface area contributed by atoms with E-state index in [0.29, 0.717) is 18.8 Å². The highest BCUT2D eigenvalue weighted by Crippen LogP contribution is 2.17. The van der Waals surface area contributed by atoms with Gasteiger partial charge in [-0.1, -0.05) is 25.5 Å². The summed E-state index contributed by atoms with van der Waals surface area (Å²) in [5, 5.41) is 6.83. The first kappa shape index (κ1) is 14.0. The molecule has 0 aliphatic heterocycles. The van der Waals surface area contributed by atoms with Gasteiger partial charge in [0.1, 0.15) is 0 Å². The Bertz CT molecular complexity index is 426. The smallest absolute Gasteiger partial charge is 0.277 e. The van der Waals surface area contributed by atoms with Crippen LogP contribution < -0.4 is 5.73 Å². The van der Waals surface area contributed by atoms with Crippen molar-refractivity contribution in [3.8, 4) is 0 Å². The molecule has 0 aliphatic rings. The molecule has 0 saturated heterocycles. The van der Waals surface area contributed by atoms with Crippen LogP contribution in [0.3, 0.4) is 0 Å². The van der Waals surface area contributed by atoms with Crippen molar-refractivity contribution < 1.29 is 4.79 Å². The van der Waals surface area contributed by atoms with E-state index in [2.05, 4.69) is 23.4 Å². The van der Waals surface area contributed by atoms with Crippen LogP contribution in [-0.2, 0) is 6.42 Å². The van der Waals surface area contributed by atoms with Gasteiger partial charge in [-0.15, -0.1) is 13.2 Å². The molecule has 0 aromatic carbocycles. The van der Waals surface area contributed by atoms with E-state index >= 15 is 0 Å². The van der Waals surface area contributed by atoms with E-state index in [9.17, 15) is 4.79 Å². The van der Waals surface area contributed by atoms with Crippen LogP contribution >= 0.6 is 0 Å². The molecule has 5 heteroatoms. The number of nitrogen functional groups attached to an aromatic ring is 1. The van der Waals surface area contributed by atoms with Crippen molar-refractivity contribution in [2.75, 3.05) is 18.8 Å². The molecular formula is C13H20N4O. The molecule has 18 heavy (non-hydrogen) atoms. The van der Waals surface area contributed by atoms with Crippen LogP contribution in [0.2, 0.25) is 0 Å². The highest BCUT2D eigenvalue weighted by Gasteiger charge is 2.21. The lowest BCUT2D eigenvalue weighted by Gasteiger charge is -2.18. The topological polar surface area (TPSA) is 75.0 Å². The van der Waals surface area contributed by atoms with Gasteiger partial charge >= 0.3 is 0 Å². The zero-order chi connectivity index (χ0) is 13.5. The largest absolute Gasteiger partial charge is 0.395 e. The fourth-order valence-corrected chi connectivity index (χ4v) is 1.69. The fourth-order valence-electron chi connectivity index (χ4n) is 1.69. The number of nitrogens with two attached hydrogens (primary N) is 1. The van der Waals surface area contributed by atoms with Gasteiger partial charge in [-0.05, 0) is 6.42 Å². The van der Waals surface area contributed by atoms with E-state index in [1.807, 2.05) is 6.92 Å². The van der Waals surface area contributed by atoms with Gasteiger partial charge in [0.2, 0.25) is 0 Å². The van der Waals surface area contributed by atoms with E-state index in [4.69, 9.17) is 5.73 Å². The quantitative estimate of drug-likeness (QED) is 0.722. The van der Waals surface area contributed by atoms with Crippen LogP contribution in [0.25, 0.3) is 0 Å². The molecule has 0 fully saturated rings. The van der Waals surface area contributed by atoms with E-state index in [-0.39, 0.29) is 11.6 Å². The van der Waals surface area contributed by atoms with Gasteiger partial charge in [-0.3, -0.25) is 9.89 Å². The first-order chi connectivity index (χ1) is 8.65. The van der Waals surface area contributed by atoms with Gasteiger partial charge in [0.25, 0.3) is 5.91 Å². The van der Waals surface area contributed by atoms with Crippen LogP contribution in [0.4, 0.5) is 5.69 Å². The second-order valence-electron chi connectivity index (χ2n) is 4.00. The average molecular weight is 248 g/mol. The number of rotatable bonds is 7.